The molecule has 0 unspecified atom stereocenters. The molecule has 1 aliphatic heterocycles. The van der Waals surface area contributed by atoms with Crippen LogP contribution in [0.4, 0.5) is 0 Å². The summed E-state index contributed by atoms with van der Waals surface area (Å²) in [6.45, 7) is 14.6. The van der Waals surface area contributed by atoms with E-state index in [1.54, 1.807) is 7.05 Å². The van der Waals surface area contributed by atoms with Gasteiger partial charge in [0.25, 0.3) is 0 Å². The molecule has 0 aliphatic carbocycles. The van der Waals surface area contributed by atoms with E-state index in [1.165, 1.54) is 0 Å². The van der Waals surface area contributed by atoms with Crippen LogP contribution in [0.5, 0.6) is 0 Å². The van der Waals surface area contributed by atoms with Gasteiger partial charge < -0.3 is 10.6 Å². The number of amides is 1. The molecule has 0 aromatic heterocycles. The molecule has 2 N–H and O–H groups in total. The van der Waals surface area contributed by atoms with Crippen LogP contribution in [0.25, 0.3) is 0 Å². The normalized spacial score (nSPS) is 19.6. The summed E-state index contributed by atoms with van der Waals surface area (Å²) in [6, 6.07) is 0. The third-order valence-corrected chi connectivity index (χ3v) is 5.58. The maximum absolute atomic E-state index is 12.4. The standard InChI is InChI=1S/C19H39N3O/c1-8-9-19(16(23)21-7)10-12-22(13-11-19)18(4,5)14-17(2,3)15-20-6/h20H,8-15H2,1-7H3,(H,21,23). The van der Waals surface area contributed by atoms with Crippen molar-refractivity contribution < 1.29 is 4.79 Å². The summed E-state index contributed by atoms with van der Waals surface area (Å²) in [5.74, 6) is 0.243. The fourth-order valence-electron chi connectivity index (χ4n) is 4.70. The zero-order valence-corrected chi connectivity index (χ0v) is 16.5. The number of hydrogen-bond donors (Lipinski definition) is 2. The SMILES string of the molecule is CCCC1(C(=O)NC)CCN(C(C)(C)CC(C)(C)CNC)CC1. The summed E-state index contributed by atoms with van der Waals surface area (Å²) in [5.41, 5.74) is 0.301. The van der Waals surface area contributed by atoms with Crippen molar-refractivity contribution in [3.8, 4) is 0 Å². The second-order valence-electron chi connectivity index (χ2n) is 8.78. The van der Waals surface area contributed by atoms with Crippen molar-refractivity contribution in [2.45, 2.75) is 72.3 Å². The molecule has 1 aliphatic rings. The average molecular weight is 326 g/mol. The van der Waals surface area contributed by atoms with E-state index in [1.807, 2.05) is 7.05 Å². The molecule has 0 spiro atoms. The van der Waals surface area contributed by atoms with Gasteiger partial charge >= 0.3 is 0 Å². The quantitative estimate of drug-likeness (QED) is 0.721. The molecule has 1 heterocycles. The van der Waals surface area contributed by atoms with Gasteiger partial charge in [-0.15, -0.1) is 0 Å². The predicted octanol–water partition coefficient (Wildman–Crippen LogP) is 3.03. The molecule has 1 fully saturated rings. The second kappa shape index (κ2) is 7.98. The van der Waals surface area contributed by atoms with Crippen molar-refractivity contribution in [2.24, 2.45) is 10.8 Å². The smallest absolute Gasteiger partial charge is 0.226 e. The molecule has 136 valence electrons. The van der Waals surface area contributed by atoms with E-state index in [9.17, 15) is 4.79 Å². The van der Waals surface area contributed by atoms with Gasteiger partial charge in [-0.05, 0) is 65.1 Å². The van der Waals surface area contributed by atoms with Crippen molar-refractivity contribution in [2.75, 3.05) is 33.7 Å². The number of piperidine rings is 1. The lowest BCUT2D eigenvalue weighted by molar-refractivity contribution is -0.135. The highest BCUT2D eigenvalue weighted by molar-refractivity contribution is 5.82. The molecular formula is C19H39N3O. The van der Waals surface area contributed by atoms with Crippen molar-refractivity contribution in [3.63, 3.8) is 0 Å². The number of carbonyl (C=O) groups is 1. The molecule has 0 saturated carbocycles. The van der Waals surface area contributed by atoms with Gasteiger partial charge in [0.2, 0.25) is 5.91 Å². The third kappa shape index (κ3) is 5.18. The highest BCUT2D eigenvalue weighted by Crippen LogP contribution is 2.40. The molecular weight excluding hydrogens is 286 g/mol. The summed E-state index contributed by atoms with van der Waals surface area (Å²) in [7, 11) is 3.80. The first-order chi connectivity index (χ1) is 10.6. The summed E-state index contributed by atoms with van der Waals surface area (Å²) >= 11 is 0. The molecule has 1 amide bonds. The maximum Gasteiger partial charge on any atom is 0.226 e. The van der Waals surface area contributed by atoms with Crippen LogP contribution in [-0.4, -0.2) is 50.1 Å². The average Bonchev–Trinajstić information content (AvgIpc) is 2.45. The number of carbonyl (C=O) groups excluding carboxylic acids is 1. The van der Waals surface area contributed by atoms with E-state index in [0.717, 1.165) is 51.7 Å². The van der Waals surface area contributed by atoms with Crippen LogP contribution in [0.15, 0.2) is 0 Å². The molecule has 1 rings (SSSR count). The Bertz CT molecular complexity index is 382. The molecule has 0 radical (unpaired) electrons. The molecule has 23 heavy (non-hydrogen) atoms. The van der Waals surface area contributed by atoms with Crippen LogP contribution in [0, 0.1) is 10.8 Å². The molecule has 0 bridgehead atoms. The lowest BCUT2D eigenvalue weighted by Gasteiger charge is -2.49. The van der Waals surface area contributed by atoms with Crippen molar-refractivity contribution in [1.82, 2.24) is 15.5 Å². The lowest BCUT2D eigenvalue weighted by atomic mass is 9.72. The van der Waals surface area contributed by atoms with E-state index < -0.39 is 0 Å². The number of nitrogens with zero attached hydrogens (tertiary/aromatic N) is 1. The summed E-state index contributed by atoms with van der Waals surface area (Å²) < 4.78 is 0. The summed E-state index contributed by atoms with van der Waals surface area (Å²) in [5, 5.41) is 6.22. The largest absolute Gasteiger partial charge is 0.359 e. The van der Waals surface area contributed by atoms with E-state index in [4.69, 9.17) is 0 Å². The fourth-order valence-corrected chi connectivity index (χ4v) is 4.70. The minimum absolute atomic E-state index is 0.142. The molecule has 0 atom stereocenters. The Balaban J connectivity index is 2.74. The first kappa shape index (κ1) is 20.4. The van der Waals surface area contributed by atoms with E-state index in [0.29, 0.717) is 0 Å². The predicted molar refractivity (Wildman–Crippen MR) is 98.6 cm³/mol. The Morgan fingerprint density at radius 2 is 1.70 bits per heavy atom. The highest BCUT2D eigenvalue weighted by Gasteiger charge is 2.43. The summed E-state index contributed by atoms with van der Waals surface area (Å²) in [4.78, 5) is 15.0. The minimum Gasteiger partial charge on any atom is -0.359 e. The monoisotopic (exact) mass is 325 g/mol. The van der Waals surface area contributed by atoms with Crippen molar-refractivity contribution in [1.29, 1.82) is 0 Å². The van der Waals surface area contributed by atoms with Crippen LogP contribution < -0.4 is 10.6 Å². The van der Waals surface area contributed by atoms with Gasteiger partial charge in [-0.3, -0.25) is 9.69 Å². The Morgan fingerprint density at radius 3 is 2.13 bits per heavy atom. The van der Waals surface area contributed by atoms with Gasteiger partial charge in [0.1, 0.15) is 0 Å². The molecule has 0 aromatic carbocycles. The maximum atomic E-state index is 12.4. The van der Waals surface area contributed by atoms with Crippen LogP contribution in [0.3, 0.4) is 0 Å². The van der Waals surface area contributed by atoms with Crippen LogP contribution >= 0.6 is 0 Å². The van der Waals surface area contributed by atoms with Crippen LogP contribution in [0.1, 0.15) is 66.7 Å². The van der Waals surface area contributed by atoms with Gasteiger partial charge in [0.05, 0.1) is 5.41 Å². The van der Waals surface area contributed by atoms with Crippen molar-refractivity contribution in [3.05, 3.63) is 0 Å². The van der Waals surface area contributed by atoms with Gasteiger partial charge in [-0.2, -0.15) is 0 Å². The molecule has 1 saturated heterocycles. The number of rotatable bonds is 8. The number of hydrogen-bond acceptors (Lipinski definition) is 3. The van der Waals surface area contributed by atoms with Gasteiger partial charge in [-0.1, -0.05) is 27.2 Å². The third-order valence-electron chi connectivity index (χ3n) is 5.58. The zero-order valence-electron chi connectivity index (χ0n) is 16.5. The lowest BCUT2D eigenvalue weighted by Crippen LogP contribution is -2.55. The molecule has 4 heteroatoms. The first-order valence-corrected chi connectivity index (χ1v) is 9.24. The van der Waals surface area contributed by atoms with Gasteiger partial charge in [-0.25, -0.2) is 0 Å². The van der Waals surface area contributed by atoms with E-state index >= 15 is 0 Å². The molecule has 4 nitrogen and oxygen atoms in total. The summed E-state index contributed by atoms with van der Waals surface area (Å²) in [6.07, 6.45) is 5.20. The topological polar surface area (TPSA) is 44.4 Å². The fraction of sp³-hybridized carbons (Fsp3) is 0.947. The van der Waals surface area contributed by atoms with Crippen LogP contribution in [0.2, 0.25) is 0 Å². The second-order valence-corrected chi connectivity index (χ2v) is 8.78. The van der Waals surface area contributed by atoms with E-state index in [2.05, 4.69) is 50.2 Å². The van der Waals surface area contributed by atoms with Crippen LogP contribution in [-0.2, 0) is 4.79 Å². The Kier molecular flexibility index (Phi) is 7.09. The van der Waals surface area contributed by atoms with E-state index in [-0.39, 0.29) is 22.3 Å². The Hall–Kier alpha value is -0.610. The minimum atomic E-state index is -0.142. The van der Waals surface area contributed by atoms with Gasteiger partial charge in [0.15, 0.2) is 0 Å². The first-order valence-electron chi connectivity index (χ1n) is 9.24. The Labute approximate surface area is 143 Å². The Morgan fingerprint density at radius 1 is 1.13 bits per heavy atom. The number of nitrogens with one attached hydrogen (secondary N) is 2. The zero-order chi connectivity index (χ0) is 17.7. The van der Waals surface area contributed by atoms with Crippen molar-refractivity contribution >= 4 is 5.91 Å². The van der Waals surface area contributed by atoms with Gasteiger partial charge in [0, 0.05) is 19.1 Å². The highest BCUT2D eigenvalue weighted by atomic mass is 16.2. The number of likely N-dealkylation sites (tertiary alicyclic amines) is 1. The molecule has 0 aromatic rings.